The quantitative estimate of drug-likeness (QED) is 0.810. The van der Waals surface area contributed by atoms with Gasteiger partial charge in [-0.05, 0) is 24.3 Å². The van der Waals surface area contributed by atoms with Crippen molar-refractivity contribution < 1.29 is 10.2 Å². The predicted octanol–water partition coefficient (Wildman–Crippen LogP) is 5.07. The fourth-order valence-corrected chi connectivity index (χ4v) is 2.86. The predicted molar refractivity (Wildman–Crippen MR) is 82.8 cm³/mol. The van der Waals surface area contributed by atoms with Crippen molar-refractivity contribution >= 4 is 46.4 Å². The van der Waals surface area contributed by atoms with Gasteiger partial charge in [-0.25, -0.2) is 0 Å². The lowest BCUT2D eigenvalue weighted by atomic mass is 9.98. The molecule has 2 rings (SSSR count). The minimum absolute atomic E-state index is 0.272. The molecule has 0 fully saturated rings. The van der Waals surface area contributed by atoms with E-state index in [1.807, 2.05) is 0 Å². The number of hydrogen-bond donors (Lipinski definition) is 2. The van der Waals surface area contributed by atoms with Crippen LogP contribution in [0.2, 0.25) is 20.1 Å². The Balaban J connectivity index is 2.34. The van der Waals surface area contributed by atoms with Gasteiger partial charge in [-0.15, -0.1) is 0 Å². The van der Waals surface area contributed by atoms with Crippen molar-refractivity contribution in [3.63, 3.8) is 0 Å². The largest absolute Gasteiger partial charge is 0.385 e. The van der Waals surface area contributed by atoms with Crippen molar-refractivity contribution in [3.8, 4) is 0 Å². The molecule has 0 unspecified atom stereocenters. The number of halogens is 4. The van der Waals surface area contributed by atoms with E-state index in [0.717, 1.165) is 0 Å². The molecule has 0 aliphatic heterocycles. The smallest absolute Gasteiger partial charge is 0.111 e. The minimum atomic E-state index is -1.22. The maximum absolute atomic E-state index is 10.2. The number of rotatable bonds is 3. The second-order valence-electron chi connectivity index (χ2n) is 4.22. The van der Waals surface area contributed by atoms with E-state index in [4.69, 9.17) is 46.4 Å². The summed E-state index contributed by atoms with van der Waals surface area (Å²) in [5, 5.41) is 21.9. The summed E-state index contributed by atoms with van der Waals surface area (Å²) in [5.41, 5.74) is 0.740. The second-order valence-corrected chi connectivity index (χ2v) is 5.91. The van der Waals surface area contributed by atoms with E-state index < -0.39 is 12.2 Å². The summed E-state index contributed by atoms with van der Waals surface area (Å²) < 4.78 is 0. The Morgan fingerprint density at radius 1 is 0.650 bits per heavy atom. The van der Waals surface area contributed by atoms with Crippen LogP contribution in [0.3, 0.4) is 0 Å². The Hall–Kier alpha value is -0.480. The monoisotopic (exact) mass is 350 g/mol. The Morgan fingerprint density at radius 3 is 1.30 bits per heavy atom. The van der Waals surface area contributed by atoms with Crippen LogP contribution in [-0.4, -0.2) is 10.2 Å². The van der Waals surface area contributed by atoms with Gasteiger partial charge in [-0.1, -0.05) is 58.5 Å². The van der Waals surface area contributed by atoms with E-state index in [2.05, 4.69) is 0 Å². The van der Waals surface area contributed by atoms with Crippen LogP contribution in [0.5, 0.6) is 0 Å². The fourth-order valence-electron chi connectivity index (χ4n) is 1.82. The van der Waals surface area contributed by atoms with Crippen molar-refractivity contribution in [1.82, 2.24) is 0 Å². The van der Waals surface area contributed by atoms with Crippen molar-refractivity contribution in [2.75, 3.05) is 0 Å². The number of aliphatic hydroxyl groups is 2. The molecule has 0 aromatic heterocycles. The number of aliphatic hydroxyl groups excluding tert-OH is 2. The van der Waals surface area contributed by atoms with Gasteiger partial charge in [0.1, 0.15) is 12.2 Å². The average Bonchev–Trinajstić information content (AvgIpc) is 2.37. The molecule has 0 aliphatic rings. The molecule has 2 atom stereocenters. The van der Waals surface area contributed by atoms with Crippen LogP contribution in [0.25, 0.3) is 0 Å². The molecule has 0 saturated heterocycles. The minimum Gasteiger partial charge on any atom is -0.385 e. The Kier molecular flexibility index (Phi) is 5.19. The first-order chi connectivity index (χ1) is 9.40. The van der Waals surface area contributed by atoms with Gasteiger partial charge in [0.15, 0.2) is 0 Å². The van der Waals surface area contributed by atoms with Crippen LogP contribution in [-0.2, 0) is 0 Å². The van der Waals surface area contributed by atoms with Crippen LogP contribution in [0, 0.1) is 0 Å². The summed E-state index contributed by atoms with van der Waals surface area (Å²) in [6.07, 6.45) is -2.45. The zero-order valence-electron chi connectivity index (χ0n) is 10.0. The molecule has 0 bridgehead atoms. The second kappa shape index (κ2) is 6.52. The highest BCUT2D eigenvalue weighted by molar-refractivity contribution is 6.35. The highest BCUT2D eigenvalue weighted by atomic mass is 35.5. The van der Waals surface area contributed by atoms with Crippen LogP contribution >= 0.6 is 46.4 Å². The van der Waals surface area contributed by atoms with Crippen molar-refractivity contribution in [1.29, 1.82) is 0 Å². The fraction of sp³-hybridized carbons (Fsp3) is 0.143. The van der Waals surface area contributed by atoms with Gasteiger partial charge in [0, 0.05) is 31.2 Å². The van der Waals surface area contributed by atoms with Gasteiger partial charge < -0.3 is 10.2 Å². The van der Waals surface area contributed by atoms with Crippen LogP contribution in [0.4, 0.5) is 0 Å². The van der Waals surface area contributed by atoms with Crippen molar-refractivity contribution in [2.45, 2.75) is 12.2 Å². The maximum atomic E-state index is 10.2. The molecule has 0 heterocycles. The molecule has 0 radical (unpaired) electrons. The third-order valence-corrected chi connectivity index (χ3v) is 3.99. The first-order valence-corrected chi connectivity index (χ1v) is 7.17. The van der Waals surface area contributed by atoms with Crippen LogP contribution in [0.1, 0.15) is 23.3 Å². The highest BCUT2D eigenvalue weighted by Gasteiger charge is 2.24. The summed E-state index contributed by atoms with van der Waals surface area (Å²) in [6.45, 7) is 0. The molecule has 2 aromatic carbocycles. The zero-order valence-corrected chi connectivity index (χ0v) is 13.0. The van der Waals surface area contributed by atoms with E-state index in [1.54, 1.807) is 24.3 Å². The summed E-state index contributed by atoms with van der Waals surface area (Å²) in [4.78, 5) is 0. The lowest BCUT2D eigenvalue weighted by Crippen LogP contribution is -2.11. The van der Waals surface area contributed by atoms with Crippen molar-refractivity contribution in [3.05, 3.63) is 67.6 Å². The summed E-state index contributed by atoms with van der Waals surface area (Å²) >= 11 is 23.6. The molecule has 6 heteroatoms. The topological polar surface area (TPSA) is 40.5 Å². The normalized spacial score (nSPS) is 14.1. The van der Waals surface area contributed by atoms with E-state index in [-0.39, 0.29) is 10.0 Å². The first-order valence-electron chi connectivity index (χ1n) is 5.66. The number of benzene rings is 2. The lowest BCUT2D eigenvalue weighted by molar-refractivity contribution is 0.0174. The third-order valence-electron chi connectivity index (χ3n) is 2.86. The summed E-state index contributed by atoms with van der Waals surface area (Å²) in [6, 6.07) is 9.28. The molecule has 2 aromatic rings. The van der Waals surface area contributed by atoms with Gasteiger partial charge in [-0.3, -0.25) is 0 Å². The Bertz CT molecular complexity index is 575. The molecule has 0 saturated carbocycles. The molecule has 0 amide bonds. The Morgan fingerprint density at radius 2 is 1.00 bits per heavy atom. The van der Waals surface area contributed by atoms with Gasteiger partial charge in [-0.2, -0.15) is 0 Å². The third kappa shape index (κ3) is 3.40. The molecule has 2 nitrogen and oxygen atoms in total. The first kappa shape index (κ1) is 15.9. The average molecular weight is 352 g/mol. The molecular formula is C14H10Cl4O2. The Labute approximate surface area is 136 Å². The van der Waals surface area contributed by atoms with E-state index in [0.29, 0.717) is 21.2 Å². The zero-order chi connectivity index (χ0) is 14.9. The molecule has 20 heavy (non-hydrogen) atoms. The van der Waals surface area contributed by atoms with Gasteiger partial charge in [0.2, 0.25) is 0 Å². The van der Waals surface area contributed by atoms with E-state index in [1.165, 1.54) is 12.1 Å². The van der Waals surface area contributed by atoms with Gasteiger partial charge >= 0.3 is 0 Å². The maximum Gasteiger partial charge on any atom is 0.111 e. The molecule has 2 N–H and O–H groups in total. The summed E-state index contributed by atoms with van der Waals surface area (Å²) in [5.74, 6) is 0. The van der Waals surface area contributed by atoms with Gasteiger partial charge in [0.05, 0.1) is 0 Å². The van der Waals surface area contributed by atoms with Crippen LogP contribution < -0.4 is 0 Å². The SMILES string of the molecule is O[C@H](c1ccc(Cl)cc1Cl)[C@H](O)c1ccc(Cl)cc1Cl. The number of hydrogen-bond acceptors (Lipinski definition) is 2. The van der Waals surface area contributed by atoms with Crippen molar-refractivity contribution in [2.24, 2.45) is 0 Å². The summed E-state index contributed by atoms with van der Waals surface area (Å²) in [7, 11) is 0. The lowest BCUT2D eigenvalue weighted by Gasteiger charge is -2.20. The van der Waals surface area contributed by atoms with Gasteiger partial charge in [0.25, 0.3) is 0 Å². The standard InChI is InChI=1S/C14H10Cl4O2/c15-7-1-3-9(11(17)5-7)13(19)14(20)10-4-2-8(16)6-12(10)18/h1-6,13-14,19-20H/t13-,14-/m1/s1. The van der Waals surface area contributed by atoms with Crippen LogP contribution in [0.15, 0.2) is 36.4 Å². The highest BCUT2D eigenvalue weighted by Crippen LogP contribution is 2.37. The molecular weight excluding hydrogens is 342 g/mol. The van der Waals surface area contributed by atoms with E-state index >= 15 is 0 Å². The molecule has 0 aliphatic carbocycles. The molecule has 106 valence electrons. The molecule has 0 spiro atoms. The van der Waals surface area contributed by atoms with E-state index in [9.17, 15) is 10.2 Å².